The largest absolute Gasteiger partial charge is 0.481 e. The van der Waals surface area contributed by atoms with E-state index in [1.807, 2.05) is 37.3 Å². The molecule has 3 N–H and O–H groups in total. The number of carbonyl (C=O) groups is 2. The normalized spacial score (nSPS) is 23.1. The zero-order valence-corrected chi connectivity index (χ0v) is 11.5. The first kappa shape index (κ1) is 14.4. The lowest BCUT2D eigenvalue weighted by Gasteiger charge is -2.18. The molecule has 108 valence electrons. The van der Waals surface area contributed by atoms with E-state index in [2.05, 4.69) is 10.6 Å². The second-order valence-electron chi connectivity index (χ2n) is 5.30. The van der Waals surface area contributed by atoms with Gasteiger partial charge in [0.05, 0.1) is 12.0 Å². The maximum Gasteiger partial charge on any atom is 0.315 e. The molecule has 2 amide bonds. The Morgan fingerprint density at radius 3 is 2.55 bits per heavy atom. The third kappa shape index (κ3) is 3.73. The first-order valence-electron chi connectivity index (χ1n) is 6.91. The molecular formula is C15H20N2O3. The number of carbonyl (C=O) groups excluding carboxylic acids is 1. The monoisotopic (exact) mass is 276 g/mol. The molecule has 0 bridgehead atoms. The molecular weight excluding hydrogens is 256 g/mol. The van der Waals surface area contributed by atoms with Gasteiger partial charge in [0.1, 0.15) is 0 Å². The van der Waals surface area contributed by atoms with Gasteiger partial charge in [-0.05, 0) is 31.7 Å². The summed E-state index contributed by atoms with van der Waals surface area (Å²) in [7, 11) is 0. The number of amides is 2. The summed E-state index contributed by atoms with van der Waals surface area (Å²) < 4.78 is 0. The molecule has 0 radical (unpaired) electrons. The summed E-state index contributed by atoms with van der Waals surface area (Å²) in [5.41, 5.74) is 1.04. The Bertz CT molecular complexity index is 475. The summed E-state index contributed by atoms with van der Waals surface area (Å²) in [4.78, 5) is 22.8. The number of benzene rings is 1. The highest BCUT2D eigenvalue weighted by atomic mass is 16.4. The molecule has 1 aliphatic rings. The summed E-state index contributed by atoms with van der Waals surface area (Å²) in [6.45, 7) is 1.92. The predicted octanol–water partition coefficient (Wildman–Crippen LogP) is 2.30. The number of hydrogen-bond acceptors (Lipinski definition) is 2. The minimum atomic E-state index is -0.771. The summed E-state index contributed by atoms with van der Waals surface area (Å²) in [5, 5.41) is 14.7. The highest BCUT2D eigenvalue weighted by Gasteiger charge is 2.30. The molecule has 3 unspecified atom stereocenters. The maximum atomic E-state index is 11.9. The predicted molar refractivity (Wildman–Crippen MR) is 75.3 cm³/mol. The van der Waals surface area contributed by atoms with Crippen molar-refractivity contribution in [3.05, 3.63) is 35.9 Å². The number of nitrogens with one attached hydrogen (secondary N) is 2. The summed E-state index contributed by atoms with van der Waals surface area (Å²) >= 11 is 0. The fourth-order valence-corrected chi connectivity index (χ4v) is 2.59. The van der Waals surface area contributed by atoms with Crippen molar-refractivity contribution in [3.8, 4) is 0 Å². The first-order chi connectivity index (χ1) is 9.56. The number of rotatable bonds is 4. The molecule has 3 atom stereocenters. The standard InChI is InChI=1S/C15H20N2O3/c1-10(11-5-3-2-4-6-11)16-15(20)17-13-8-7-12(9-13)14(18)19/h2-6,10,12-13H,7-9H2,1H3,(H,18,19)(H2,16,17,20). The average Bonchev–Trinajstić information content (AvgIpc) is 2.88. The Balaban J connectivity index is 1.80. The van der Waals surface area contributed by atoms with Gasteiger partial charge in [0.25, 0.3) is 0 Å². The molecule has 20 heavy (non-hydrogen) atoms. The van der Waals surface area contributed by atoms with Gasteiger partial charge in [-0.25, -0.2) is 4.79 Å². The van der Waals surface area contributed by atoms with Crippen molar-refractivity contribution in [2.24, 2.45) is 5.92 Å². The van der Waals surface area contributed by atoms with Crippen LogP contribution in [0.2, 0.25) is 0 Å². The van der Waals surface area contributed by atoms with Gasteiger partial charge in [-0.1, -0.05) is 30.3 Å². The van der Waals surface area contributed by atoms with Crippen molar-refractivity contribution in [2.75, 3.05) is 0 Å². The van der Waals surface area contributed by atoms with Gasteiger partial charge < -0.3 is 15.7 Å². The van der Waals surface area contributed by atoms with Gasteiger partial charge in [0.15, 0.2) is 0 Å². The van der Waals surface area contributed by atoms with Crippen LogP contribution in [0.25, 0.3) is 0 Å². The maximum absolute atomic E-state index is 11.9. The van der Waals surface area contributed by atoms with Gasteiger partial charge in [-0.15, -0.1) is 0 Å². The molecule has 0 aromatic heterocycles. The van der Waals surface area contributed by atoms with E-state index in [4.69, 9.17) is 5.11 Å². The third-order valence-corrected chi connectivity index (χ3v) is 3.76. The van der Waals surface area contributed by atoms with Crippen molar-refractivity contribution < 1.29 is 14.7 Å². The second kappa shape index (κ2) is 6.41. The van der Waals surface area contributed by atoms with Crippen LogP contribution in [0, 0.1) is 5.92 Å². The third-order valence-electron chi connectivity index (χ3n) is 3.76. The van der Waals surface area contributed by atoms with E-state index < -0.39 is 5.97 Å². The minimum absolute atomic E-state index is 0.0425. The van der Waals surface area contributed by atoms with Crippen molar-refractivity contribution in [1.82, 2.24) is 10.6 Å². The Morgan fingerprint density at radius 2 is 1.95 bits per heavy atom. The van der Waals surface area contributed by atoms with Gasteiger partial charge in [-0.2, -0.15) is 0 Å². The molecule has 0 spiro atoms. The number of carboxylic acid groups (broad SMARTS) is 1. The zero-order chi connectivity index (χ0) is 14.5. The number of carboxylic acids is 1. The number of urea groups is 1. The van der Waals surface area contributed by atoms with Crippen LogP contribution in [0.1, 0.15) is 37.8 Å². The Labute approximate surface area is 118 Å². The van der Waals surface area contributed by atoms with Crippen LogP contribution < -0.4 is 10.6 Å². The zero-order valence-electron chi connectivity index (χ0n) is 11.5. The van der Waals surface area contributed by atoms with E-state index in [0.29, 0.717) is 12.8 Å². The molecule has 1 aliphatic carbocycles. The van der Waals surface area contributed by atoms with Crippen LogP contribution in [0.4, 0.5) is 4.79 Å². The van der Waals surface area contributed by atoms with Crippen molar-refractivity contribution in [2.45, 2.75) is 38.3 Å². The lowest BCUT2D eigenvalue weighted by atomic mass is 10.1. The highest BCUT2D eigenvalue weighted by Crippen LogP contribution is 2.25. The molecule has 5 nitrogen and oxygen atoms in total. The van der Waals surface area contributed by atoms with Crippen molar-refractivity contribution >= 4 is 12.0 Å². The first-order valence-corrected chi connectivity index (χ1v) is 6.91. The molecule has 0 aliphatic heterocycles. The molecule has 5 heteroatoms. The minimum Gasteiger partial charge on any atom is -0.481 e. The molecule has 2 rings (SSSR count). The molecule has 0 saturated heterocycles. The van der Waals surface area contributed by atoms with E-state index in [0.717, 1.165) is 12.0 Å². The van der Waals surface area contributed by atoms with Crippen LogP contribution in [0.5, 0.6) is 0 Å². The number of hydrogen-bond donors (Lipinski definition) is 3. The molecule has 1 aromatic carbocycles. The van der Waals surface area contributed by atoms with E-state index in [9.17, 15) is 9.59 Å². The van der Waals surface area contributed by atoms with Crippen LogP contribution in [-0.4, -0.2) is 23.1 Å². The SMILES string of the molecule is CC(NC(=O)NC1CCC(C(=O)O)C1)c1ccccc1. The lowest BCUT2D eigenvalue weighted by Crippen LogP contribution is -2.42. The molecule has 1 fully saturated rings. The Morgan fingerprint density at radius 1 is 1.25 bits per heavy atom. The van der Waals surface area contributed by atoms with Crippen LogP contribution in [-0.2, 0) is 4.79 Å². The van der Waals surface area contributed by atoms with Gasteiger partial charge in [0, 0.05) is 6.04 Å². The van der Waals surface area contributed by atoms with E-state index in [1.54, 1.807) is 0 Å². The number of aliphatic carboxylic acids is 1. The summed E-state index contributed by atoms with van der Waals surface area (Å²) in [6.07, 6.45) is 1.88. The van der Waals surface area contributed by atoms with Gasteiger partial charge >= 0.3 is 12.0 Å². The van der Waals surface area contributed by atoms with Crippen molar-refractivity contribution in [3.63, 3.8) is 0 Å². The van der Waals surface area contributed by atoms with E-state index in [1.165, 1.54) is 0 Å². The topological polar surface area (TPSA) is 78.4 Å². The van der Waals surface area contributed by atoms with Crippen LogP contribution in [0.3, 0.4) is 0 Å². The molecule has 1 aromatic rings. The fourth-order valence-electron chi connectivity index (χ4n) is 2.59. The highest BCUT2D eigenvalue weighted by molar-refractivity contribution is 5.75. The Hall–Kier alpha value is -2.04. The lowest BCUT2D eigenvalue weighted by molar-refractivity contribution is -0.141. The summed E-state index contributed by atoms with van der Waals surface area (Å²) in [6, 6.07) is 9.35. The summed E-state index contributed by atoms with van der Waals surface area (Å²) in [5.74, 6) is -1.10. The quantitative estimate of drug-likeness (QED) is 0.789. The fraction of sp³-hybridized carbons (Fsp3) is 0.467. The van der Waals surface area contributed by atoms with E-state index in [-0.39, 0.29) is 24.0 Å². The Kier molecular flexibility index (Phi) is 4.61. The van der Waals surface area contributed by atoms with Gasteiger partial charge in [-0.3, -0.25) is 4.79 Å². The van der Waals surface area contributed by atoms with Crippen LogP contribution >= 0.6 is 0 Å². The smallest absolute Gasteiger partial charge is 0.315 e. The van der Waals surface area contributed by atoms with Gasteiger partial charge in [0.2, 0.25) is 0 Å². The molecule has 1 saturated carbocycles. The van der Waals surface area contributed by atoms with Crippen molar-refractivity contribution in [1.29, 1.82) is 0 Å². The van der Waals surface area contributed by atoms with Crippen LogP contribution in [0.15, 0.2) is 30.3 Å². The molecule has 0 heterocycles. The van der Waals surface area contributed by atoms with E-state index >= 15 is 0 Å². The second-order valence-corrected chi connectivity index (χ2v) is 5.30. The average molecular weight is 276 g/mol.